The van der Waals surface area contributed by atoms with Crippen LogP contribution in [0.2, 0.25) is 5.02 Å². The lowest BCUT2D eigenvalue weighted by Gasteiger charge is -2.39. The minimum atomic E-state index is -0.441. The number of nitrogens with zero attached hydrogens (tertiary/aromatic N) is 1. The number of aromatic amines is 1. The molecule has 3 aromatic rings. The van der Waals surface area contributed by atoms with Gasteiger partial charge >= 0.3 is 0 Å². The fourth-order valence-electron chi connectivity index (χ4n) is 3.74. The molecule has 5 nitrogen and oxygen atoms in total. The summed E-state index contributed by atoms with van der Waals surface area (Å²) in [6, 6.07) is 11.1. The third-order valence-electron chi connectivity index (χ3n) is 4.95. The third kappa shape index (κ3) is 2.05. The molecule has 0 saturated carbocycles. The second kappa shape index (κ2) is 5.17. The molecule has 1 aromatic heterocycles. The fourth-order valence-corrected chi connectivity index (χ4v) is 3.91. The monoisotopic (exact) mass is 354 g/mol. The van der Waals surface area contributed by atoms with Crippen molar-refractivity contribution in [2.24, 2.45) is 0 Å². The second-order valence-electron chi connectivity index (χ2n) is 6.29. The summed E-state index contributed by atoms with van der Waals surface area (Å²) in [4.78, 5) is 18.1. The molecule has 6 heteroatoms. The Hall–Kier alpha value is -2.66. The summed E-state index contributed by atoms with van der Waals surface area (Å²) in [6.45, 7) is 0.604. The maximum Gasteiger partial charge on any atom is 0.260 e. The first-order valence-corrected chi connectivity index (χ1v) is 8.49. The summed E-state index contributed by atoms with van der Waals surface area (Å²) in [5.74, 6) is 1.34. The summed E-state index contributed by atoms with van der Waals surface area (Å²) in [5.41, 5.74) is 3.65. The van der Waals surface area contributed by atoms with E-state index in [1.54, 1.807) is 30.2 Å². The van der Waals surface area contributed by atoms with Crippen molar-refractivity contribution in [2.75, 3.05) is 13.7 Å². The second-order valence-corrected chi connectivity index (χ2v) is 6.72. The number of ether oxygens (including phenoxy) is 2. The number of hydrogen-bond donors (Lipinski definition) is 1. The van der Waals surface area contributed by atoms with Gasteiger partial charge in [0, 0.05) is 22.5 Å². The summed E-state index contributed by atoms with van der Waals surface area (Å²) < 4.78 is 11.5. The maximum atomic E-state index is 12.9. The predicted molar refractivity (Wildman–Crippen MR) is 94.4 cm³/mol. The molecular weight excluding hydrogens is 340 g/mol. The van der Waals surface area contributed by atoms with Crippen LogP contribution in [0.25, 0.3) is 10.9 Å². The number of H-pyrrole nitrogens is 1. The quantitative estimate of drug-likeness (QED) is 0.720. The van der Waals surface area contributed by atoms with Crippen LogP contribution in [-0.4, -0.2) is 29.4 Å². The first kappa shape index (κ1) is 14.7. The van der Waals surface area contributed by atoms with Crippen molar-refractivity contribution in [1.82, 2.24) is 9.88 Å². The highest BCUT2D eigenvalue weighted by Crippen LogP contribution is 2.42. The van der Waals surface area contributed by atoms with Gasteiger partial charge < -0.3 is 14.5 Å². The zero-order valence-electron chi connectivity index (χ0n) is 13.5. The van der Waals surface area contributed by atoms with Gasteiger partial charge in [-0.15, -0.1) is 0 Å². The summed E-state index contributed by atoms with van der Waals surface area (Å²) >= 11 is 6.04. The van der Waals surface area contributed by atoms with Crippen molar-refractivity contribution in [3.63, 3.8) is 0 Å². The van der Waals surface area contributed by atoms with Crippen LogP contribution in [0.1, 0.15) is 27.8 Å². The van der Waals surface area contributed by atoms with Gasteiger partial charge in [-0.25, -0.2) is 0 Å². The molecule has 3 heterocycles. The number of methoxy groups -OCH3 is 1. The van der Waals surface area contributed by atoms with Crippen LogP contribution in [0, 0.1) is 0 Å². The third-order valence-corrected chi connectivity index (χ3v) is 5.19. The number of rotatable bonds is 1. The zero-order chi connectivity index (χ0) is 17.1. The van der Waals surface area contributed by atoms with Crippen molar-refractivity contribution >= 4 is 28.4 Å². The Bertz CT molecular complexity index is 1030. The van der Waals surface area contributed by atoms with Crippen molar-refractivity contribution in [3.05, 3.63) is 58.2 Å². The summed E-state index contributed by atoms with van der Waals surface area (Å²) in [7, 11) is 1.66. The van der Waals surface area contributed by atoms with Crippen LogP contribution in [0.15, 0.2) is 36.4 Å². The summed E-state index contributed by atoms with van der Waals surface area (Å²) in [6.07, 6.45) is 0.326. The fraction of sp³-hybridized carbons (Fsp3) is 0.211. The van der Waals surface area contributed by atoms with Crippen molar-refractivity contribution in [3.8, 4) is 11.5 Å². The zero-order valence-corrected chi connectivity index (χ0v) is 14.3. The lowest BCUT2D eigenvalue weighted by molar-refractivity contribution is 0.00203. The number of carbonyl (C=O) groups excluding carboxylic acids is 1. The average Bonchev–Trinajstić information content (AvgIpc) is 3.00. The Morgan fingerprint density at radius 1 is 1.28 bits per heavy atom. The molecule has 0 saturated heterocycles. The van der Waals surface area contributed by atoms with E-state index in [0.717, 1.165) is 28.8 Å². The van der Waals surface area contributed by atoms with Crippen LogP contribution in [0.4, 0.5) is 0 Å². The van der Waals surface area contributed by atoms with Crippen molar-refractivity contribution < 1.29 is 14.3 Å². The van der Waals surface area contributed by atoms with Gasteiger partial charge in [0.05, 0.1) is 18.4 Å². The van der Waals surface area contributed by atoms with Gasteiger partial charge in [-0.1, -0.05) is 11.6 Å². The van der Waals surface area contributed by atoms with Gasteiger partial charge in [-0.3, -0.25) is 9.69 Å². The van der Waals surface area contributed by atoms with Crippen LogP contribution in [0.5, 0.6) is 11.5 Å². The molecule has 1 N–H and O–H groups in total. The molecule has 2 aliphatic heterocycles. The molecule has 5 rings (SSSR count). The van der Waals surface area contributed by atoms with Gasteiger partial charge in [0.15, 0.2) is 0 Å². The van der Waals surface area contributed by atoms with Gasteiger partial charge in [0.1, 0.15) is 11.5 Å². The number of fused-ring (bicyclic) bond motifs is 6. The predicted octanol–water partition coefficient (Wildman–Crippen LogP) is 3.92. The number of hydrogen-bond acceptors (Lipinski definition) is 3. The van der Waals surface area contributed by atoms with Gasteiger partial charge in [0.2, 0.25) is 6.23 Å². The number of amides is 1. The highest BCUT2D eigenvalue weighted by atomic mass is 35.5. The van der Waals surface area contributed by atoms with Crippen molar-refractivity contribution in [2.45, 2.75) is 12.6 Å². The number of halogens is 1. The van der Waals surface area contributed by atoms with E-state index in [0.29, 0.717) is 22.9 Å². The molecule has 1 atom stereocenters. The molecule has 2 aromatic carbocycles. The van der Waals surface area contributed by atoms with Crippen LogP contribution in [0.3, 0.4) is 0 Å². The number of benzene rings is 2. The molecule has 0 radical (unpaired) electrons. The first-order valence-electron chi connectivity index (χ1n) is 8.11. The Labute approximate surface area is 149 Å². The first-order chi connectivity index (χ1) is 12.2. The van der Waals surface area contributed by atoms with E-state index in [1.807, 2.05) is 18.2 Å². The van der Waals surface area contributed by atoms with E-state index in [4.69, 9.17) is 21.1 Å². The molecule has 0 aliphatic carbocycles. The SMILES string of the molecule is COc1ccc2[nH]c3c(c2c1)CCN1C(=O)c2cc(Cl)ccc2OC31. The molecule has 0 bridgehead atoms. The Morgan fingerprint density at radius 3 is 3.00 bits per heavy atom. The van der Waals surface area contributed by atoms with Gasteiger partial charge in [0.25, 0.3) is 5.91 Å². The molecule has 1 amide bonds. The molecule has 0 spiro atoms. The Kier molecular flexibility index (Phi) is 3.03. The molecule has 1 unspecified atom stereocenters. The topological polar surface area (TPSA) is 54.6 Å². The van der Waals surface area contributed by atoms with Gasteiger partial charge in [-0.05, 0) is 48.4 Å². The van der Waals surface area contributed by atoms with E-state index in [-0.39, 0.29) is 5.91 Å². The highest BCUT2D eigenvalue weighted by molar-refractivity contribution is 6.31. The standard InChI is InChI=1S/C19H15ClN2O3/c1-24-11-3-4-15-13(9-11)12-6-7-22-18(23)14-8-10(20)2-5-16(14)25-19(22)17(12)21-15/h2-5,8-9,19,21H,6-7H2,1H3. The average molecular weight is 355 g/mol. The lowest BCUT2D eigenvalue weighted by Crippen LogP contribution is -2.45. The van der Waals surface area contributed by atoms with Crippen LogP contribution < -0.4 is 9.47 Å². The van der Waals surface area contributed by atoms with E-state index in [9.17, 15) is 4.79 Å². The largest absolute Gasteiger partial charge is 0.497 e. The lowest BCUT2D eigenvalue weighted by atomic mass is 9.99. The minimum absolute atomic E-state index is 0.0457. The molecule has 0 fully saturated rings. The Balaban J connectivity index is 1.66. The van der Waals surface area contributed by atoms with E-state index in [1.165, 1.54) is 5.56 Å². The number of nitrogens with one attached hydrogen (secondary N) is 1. The molecular formula is C19H15ClN2O3. The smallest absolute Gasteiger partial charge is 0.260 e. The van der Waals surface area contributed by atoms with Gasteiger partial charge in [-0.2, -0.15) is 0 Å². The van der Waals surface area contributed by atoms with E-state index >= 15 is 0 Å². The van der Waals surface area contributed by atoms with Crippen molar-refractivity contribution in [1.29, 1.82) is 0 Å². The maximum absolute atomic E-state index is 12.9. The van der Waals surface area contributed by atoms with Crippen LogP contribution in [-0.2, 0) is 6.42 Å². The number of carbonyl (C=O) groups is 1. The molecule has 25 heavy (non-hydrogen) atoms. The number of aromatic nitrogens is 1. The minimum Gasteiger partial charge on any atom is -0.497 e. The summed E-state index contributed by atoms with van der Waals surface area (Å²) in [5, 5.41) is 1.65. The van der Waals surface area contributed by atoms with E-state index < -0.39 is 6.23 Å². The van der Waals surface area contributed by atoms with Crippen LogP contribution >= 0.6 is 11.6 Å². The molecule has 2 aliphatic rings. The highest BCUT2D eigenvalue weighted by Gasteiger charge is 2.40. The normalized spacial score (nSPS) is 18.4. The molecule has 126 valence electrons. The Morgan fingerprint density at radius 2 is 2.16 bits per heavy atom. The van der Waals surface area contributed by atoms with E-state index in [2.05, 4.69) is 4.98 Å².